The molecule has 9 heteroatoms. The fraction of sp³-hybridized carbons (Fsp3) is 0.233. The second kappa shape index (κ2) is 9.50. The largest absolute Gasteiger partial charge is 0.358 e. The summed E-state index contributed by atoms with van der Waals surface area (Å²) < 4.78 is 1.99. The summed E-state index contributed by atoms with van der Waals surface area (Å²) >= 11 is 0. The summed E-state index contributed by atoms with van der Waals surface area (Å²) in [6.45, 7) is 6.30. The van der Waals surface area contributed by atoms with Gasteiger partial charge in [-0.2, -0.15) is 5.10 Å². The molecular formula is C30H29N9. The third-order valence-corrected chi connectivity index (χ3v) is 7.67. The van der Waals surface area contributed by atoms with E-state index < -0.39 is 0 Å². The molecule has 0 aliphatic heterocycles. The molecule has 0 aromatic carbocycles. The highest BCUT2D eigenvalue weighted by molar-refractivity contribution is 5.97. The predicted molar refractivity (Wildman–Crippen MR) is 153 cm³/mol. The van der Waals surface area contributed by atoms with Crippen molar-refractivity contribution in [3.05, 3.63) is 79.7 Å². The number of aromatic amines is 2. The molecule has 9 nitrogen and oxygen atoms in total. The first-order chi connectivity index (χ1) is 19.1. The van der Waals surface area contributed by atoms with Crippen molar-refractivity contribution in [2.24, 2.45) is 5.92 Å². The third kappa shape index (κ3) is 4.35. The minimum Gasteiger partial charge on any atom is -0.358 e. The molecule has 3 N–H and O–H groups in total. The molecule has 6 aromatic rings. The van der Waals surface area contributed by atoms with Gasteiger partial charge in [-0.15, -0.1) is 0 Å². The lowest BCUT2D eigenvalue weighted by atomic mass is 9.87. The minimum absolute atomic E-state index is 0.527. The molecule has 0 spiro atoms. The van der Waals surface area contributed by atoms with Crippen LogP contribution in [0.25, 0.3) is 50.1 Å². The number of nitrogens with one attached hydrogen (secondary N) is 3. The van der Waals surface area contributed by atoms with Crippen LogP contribution < -0.4 is 5.32 Å². The number of nitrogens with zero attached hydrogens (tertiary/aromatic N) is 6. The van der Waals surface area contributed by atoms with Gasteiger partial charge in [0.25, 0.3) is 0 Å². The van der Waals surface area contributed by atoms with E-state index >= 15 is 0 Å². The second-order valence-corrected chi connectivity index (χ2v) is 10.4. The molecule has 194 valence electrons. The van der Waals surface area contributed by atoms with Crippen LogP contribution in [-0.4, -0.2) is 39.7 Å². The zero-order valence-electron chi connectivity index (χ0n) is 21.8. The van der Waals surface area contributed by atoms with E-state index in [0.717, 1.165) is 61.6 Å². The number of hydrogen-bond acceptors (Lipinski definition) is 6. The van der Waals surface area contributed by atoms with E-state index in [-0.39, 0.29) is 0 Å². The van der Waals surface area contributed by atoms with Gasteiger partial charge in [-0.25, -0.2) is 9.97 Å². The average Bonchev–Trinajstić information content (AvgIpc) is 3.71. The van der Waals surface area contributed by atoms with E-state index in [1.165, 1.54) is 32.1 Å². The predicted octanol–water partition coefficient (Wildman–Crippen LogP) is 6.56. The van der Waals surface area contributed by atoms with Crippen LogP contribution in [-0.2, 0) is 0 Å². The normalized spacial score (nSPS) is 14.3. The maximum atomic E-state index is 4.64. The first-order valence-corrected chi connectivity index (χ1v) is 13.4. The molecule has 6 aromatic heterocycles. The molecular weight excluding hydrogens is 486 g/mol. The Morgan fingerprint density at radius 3 is 2.64 bits per heavy atom. The maximum Gasteiger partial charge on any atom is 0.181 e. The molecule has 0 radical (unpaired) electrons. The molecule has 1 fully saturated rings. The minimum atomic E-state index is 0.527. The number of rotatable bonds is 6. The molecule has 1 aliphatic carbocycles. The van der Waals surface area contributed by atoms with Crippen molar-refractivity contribution in [1.82, 2.24) is 39.7 Å². The Kier molecular flexibility index (Phi) is 5.69. The van der Waals surface area contributed by atoms with Crippen LogP contribution in [0.3, 0.4) is 0 Å². The molecule has 0 bridgehead atoms. The van der Waals surface area contributed by atoms with Crippen molar-refractivity contribution in [3.63, 3.8) is 0 Å². The number of H-pyrrole nitrogens is 2. The maximum absolute atomic E-state index is 4.64. The van der Waals surface area contributed by atoms with E-state index in [1.54, 1.807) is 0 Å². The molecule has 0 saturated heterocycles. The molecule has 0 unspecified atom stereocenters. The van der Waals surface area contributed by atoms with Crippen LogP contribution in [0.4, 0.5) is 5.69 Å². The number of hydrogen-bond donors (Lipinski definition) is 3. The van der Waals surface area contributed by atoms with Gasteiger partial charge in [0, 0.05) is 46.2 Å². The zero-order valence-corrected chi connectivity index (χ0v) is 21.8. The Morgan fingerprint density at radius 1 is 0.949 bits per heavy atom. The van der Waals surface area contributed by atoms with Crippen molar-refractivity contribution in [1.29, 1.82) is 0 Å². The van der Waals surface area contributed by atoms with Gasteiger partial charge in [0.15, 0.2) is 5.65 Å². The van der Waals surface area contributed by atoms with E-state index in [2.05, 4.69) is 65.2 Å². The van der Waals surface area contributed by atoms with Gasteiger partial charge < -0.3 is 14.9 Å². The molecule has 0 atom stereocenters. The number of pyridine rings is 3. The fourth-order valence-electron chi connectivity index (χ4n) is 5.60. The number of aromatic nitrogens is 8. The molecule has 0 amide bonds. The zero-order chi connectivity index (χ0) is 26.3. The average molecular weight is 516 g/mol. The molecule has 1 aliphatic rings. The Labute approximate surface area is 225 Å². The smallest absolute Gasteiger partial charge is 0.181 e. The summed E-state index contributed by atoms with van der Waals surface area (Å²) in [4.78, 5) is 21.4. The number of allylic oxidation sites excluding steroid dienone is 1. The van der Waals surface area contributed by atoms with Gasteiger partial charge in [0.1, 0.15) is 0 Å². The molecule has 1 saturated carbocycles. The van der Waals surface area contributed by atoms with Crippen LogP contribution in [0.2, 0.25) is 0 Å². The summed E-state index contributed by atoms with van der Waals surface area (Å²) in [5, 5.41) is 13.1. The first kappa shape index (κ1) is 23.3. The number of anilines is 1. The van der Waals surface area contributed by atoms with Crippen molar-refractivity contribution >= 4 is 27.6 Å². The van der Waals surface area contributed by atoms with Gasteiger partial charge in [-0.05, 0) is 43.9 Å². The highest BCUT2D eigenvalue weighted by Crippen LogP contribution is 2.33. The standard InChI is InChI=1S/C30H29N9/c1-18-16-39(17-34-18)28-15-32-14-27-24(28)10-26(36-27)29-25-9-22(12-33-30(25)38-37-29)21-8-23(13-31-11-21)35-19(2)20-6-4-3-5-7-20/h8-17,20,35-36H,2-7H2,1H3,(H,33,37,38). The fourth-order valence-corrected chi connectivity index (χ4v) is 5.60. The van der Waals surface area contributed by atoms with E-state index in [4.69, 9.17) is 0 Å². The number of fused-ring (bicyclic) bond motifs is 2. The number of aryl methyl sites for hydroxylation is 1. The third-order valence-electron chi connectivity index (χ3n) is 7.67. The first-order valence-electron chi connectivity index (χ1n) is 13.4. The SMILES string of the molecule is C=C(Nc1cncc(-c2cnc3n[nH]c(-c4cc5c(-n6cnc(C)c6)cncc5[nH]4)c3c2)c1)C1CCCCC1. The highest BCUT2D eigenvalue weighted by Gasteiger charge is 2.18. The van der Waals surface area contributed by atoms with Gasteiger partial charge in [0.2, 0.25) is 0 Å². The van der Waals surface area contributed by atoms with E-state index in [1.807, 2.05) is 55.0 Å². The topological polar surface area (TPSA) is 113 Å². The lowest BCUT2D eigenvalue weighted by molar-refractivity contribution is 0.405. The van der Waals surface area contributed by atoms with Crippen LogP contribution >= 0.6 is 0 Å². The van der Waals surface area contributed by atoms with Crippen LogP contribution in [0.1, 0.15) is 37.8 Å². The number of imidazole rings is 1. The van der Waals surface area contributed by atoms with Crippen LogP contribution in [0, 0.1) is 12.8 Å². The molecule has 39 heavy (non-hydrogen) atoms. The quantitative estimate of drug-likeness (QED) is 0.231. The Hall–Kier alpha value is -4.79. The Morgan fingerprint density at radius 2 is 1.79 bits per heavy atom. The van der Waals surface area contributed by atoms with Gasteiger partial charge in [-0.1, -0.05) is 25.8 Å². The van der Waals surface area contributed by atoms with Crippen molar-refractivity contribution in [2.75, 3.05) is 5.32 Å². The monoisotopic (exact) mass is 515 g/mol. The summed E-state index contributed by atoms with van der Waals surface area (Å²) in [7, 11) is 0. The molecule has 7 rings (SSSR count). The van der Waals surface area contributed by atoms with Crippen molar-refractivity contribution in [3.8, 4) is 28.2 Å². The summed E-state index contributed by atoms with van der Waals surface area (Å²) in [5.41, 5.74) is 9.26. The second-order valence-electron chi connectivity index (χ2n) is 10.4. The summed E-state index contributed by atoms with van der Waals surface area (Å²) in [5.74, 6) is 0.527. The van der Waals surface area contributed by atoms with Gasteiger partial charge in [0.05, 0.1) is 58.9 Å². The van der Waals surface area contributed by atoms with Crippen LogP contribution in [0.15, 0.2) is 74.0 Å². The summed E-state index contributed by atoms with van der Waals surface area (Å²) in [6, 6.07) is 6.34. The van der Waals surface area contributed by atoms with Gasteiger partial charge in [-0.3, -0.25) is 15.1 Å². The van der Waals surface area contributed by atoms with Crippen molar-refractivity contribution < 1.29 is 0 Å². The lowest BCUT2D eigenvalue weighted by Crippen LogP contribution is -2.14. The van der Waals surface area contributed by atoms with Crippen molar-refractivity contribution in [2.45, 2.75) is 39.0 Å². The van der Waals surface area contributed by atoms with Gasteiger partial charge >= 0.3 is 0 Å². The van der Waals surface area contributed by atoms with E-state index in [9.17, 15) is 0 Å². The Balaban J connectivity index is 1.22. The Bertz CT molecular complexity index is 1820. The lowest BCUT2D eigenvalue weighted by Gasteiger charge is -2.24. The molecule has 6 heterocycles. The van der Waals surface area contributed by atoms with Crippen LogP contribution in [0.5, 0.6) is 0 Å². The highest BCUT2D eigenvalue weighted by atomic mass is 15.2. The van der Waals surface area contributed by atoms with E-state index in [0.29, 0.717) is 11.6 Å². The summed E-state index contributed by atoms with van der Waals surface area (Å²) in [6.07, 6.45) is 19.3.